The Labute approximate surface area is 74.0 Å². The molecule has 0 amide bonds. The quantitative estimate of drug-likeness (QED) is 0.359. The Hall–Kier alpha value is -0.240. The second kappa shape index (κ2) is 7.86. The van der Waals surface area contributed by atoms with Crippen molar-refractivity contribution in [3.63, 3.8) is 0 Å². The van der Waals surface area contributed by atoms with E-state index in [2.05, 4.69) is 37.9 Å². The lowest BCUT2D eigenvalue weighted by molar-refractivity contribution is 1.17. The molecule has 0 aliphatic heterocycles. The number of thioether (sulfide) groups is 1. The maximum absolute atomic E-state index is 4.34. The molecular weight excluding hydrogens is 154 g/mol. The van der Waals surface area contributed by atoms with Crippen LogP contribution in [0, 0.1) is 0 Å². The Kier molecular flexibility index (Phi) is 7.69. The fourth-order valence-corrected chi connectivity index (χ4v) is 1.26. The van der Waals surface area contributed by atoms with Gasteiger partial charge in [0.2, 0.25) is 0 Å². The zero-order valence-corrected chi connectivity index (χ0v) is 8.45. The fourth-order valence-electron chi connectivity index (χ4n) is 0.677. The van der Waals surface area contributed by atoms with Gasteiger partial charge in [0.25, 0.3) is 0 Å². The maximum Gasteiger partial charge on any atom is 0.0648 e. The molecule has 0 rings (SSSR count). The molecule has 0 aliphatic rings. The summed E-state index contributed by atoms with van der Waals surface area (Å²) in [5.41, 5.74) is 0. The molecule has 0 bridgehead atoms. The van der Waals surface area contributed by atoms with Gasteiger partial charge in [-0.15, -0.1) is 11.8 Å². The van der Waals surface area contributed by atoms with E-state index in [0.29, 0.717) is 0 Å². The Morgan fingerprint density at radius 3 is 2.64 bits per heavy atom. The summed E-state index contributed by atoms with van der Waals surface area (Å²) in [4.78, 5) is 4.34. The highest BCUT2D eigenvalue weighted by molar-refractivity contribution is 8.13. The van der Waals surface area contributed by atoms with Crippen molar-refractivity contribution in [1.29, 1.82) is 0 Å². The third-order valence-corrected chi connectivity index (χ3v) is 2.01. The Morgan fingerprint density at radius 2 is 2.09 bits per heavy atom. The van der Waals surface area contributed by atoms with Gasteiger partial charge in [0.1, 0.15) is 0 Å². The van der Waals surface area contributed by atoms with E-state index < -0.39 is 0 Å². The van der Waals surface area contributed by atoms with Gasteiger partial charge in [-0.2, -0.15) is 0 Å². The van der Waals surface area contributed by atoms with Crippen LogP contribution in [-0.2, 0) is 0 Å². The first kappa shape index (κ1) is 10.8. The van der Waals surface area contributed by atoms with Gasteiger partial charge in [0.05, 0.1) is 11.6 Å². The lowest BCUT2D eigenvalue weighted by atomic mass is 10.4. The summed E-state index contributed by atoms with van der Waals surface area (Å²) in [5.74, 6) is 1.12. The molecule has 0 unspecified atom stereocenters. The van der Waals surface area contributed by atoms with Gasteiger partial charge in [-0.25, -0.2) is 0 Å². The molecule has 0 heterocycles. The first-order valence-electron chi connectivity index (χ1n) is 4.10. The summed E-state index contributed by atoms with van der Waals surface area (Å²) >= 11 is 1.81. The number of hydrogen-bond donors (Lipinski definition) is 0. The topological polar surface area (TPSA) is 12.4 Å². The zero-order valence-electron chi connectivity index (χ0n) is 7.63. The number of hydrogen-bond acceptors (Lipinski definition) is 2. The highest BCUT2D eigenvalue weighted by Crippen LogP contribution is 2.01. The molecule has 0 aromatic rings. The minimum Gasteiger partial charge on any atom is -0.279 e. The lowest BCUT2D eigenvalue weighted by Gasteiger charge is -1.93. The minimum atomic E-state index is 0.840. The summed E-state index contributed by atoms with van der Waals surface area (Å²) in [5, 5.41) is 1.19. The summed E-state index contributed by atoms with van der Waals surface area (Å²) in [6.07, 6.45) is 5.36. The second-order valence-electron chi connectivity index (χ2n) is 2.17. The molecular formula is C9H17NS. The van der Waals surface area contributed by atoms with E-state index in [4.69, 9.17) is 0 Å². The van der Waals surface area contributed by atoms with Crippen molar-refractivity contribution in [1.82, 2.24) is 0 Å². The molecule has 2 heteroatoms. The van der Waals surface area contributed by atoms with Gasteiger partial charge in [-0.3, -0.25) is 4.99 Å². The van der Waals surface area contributed by atoms with Crippen molar-refractivity contribution in [3.8, 4) is 0 Å². The normalized spacial score (nSPS) is 12.8. The molecule has 0 fully saturated rings. The van der Waals surface area contributed by atoms with E-state index in [1.54, 1.807) is 11.8 Å². The van der Waals surface area contributed by atoms with Gasteiger partial charge in [-0.1, -0.05) is 26.0 Å². The van der Waals surface area contributed by atoms with Crippen LogP contribution in [0.1, 0.15) is 27.2 Å². The molecule has 0 atom stereocenters. The predicted molar refractivity (Wildman–Crippen MR) is 55.5 cm³/mol. The average molecular weight is 171 g/mol. The van der Waals surface area contributed by atoms with Crippen LogP contribution in [0.25, 0.3) is 0 Å². The van der Waals surface area contributed by atoms with E-state index in [1.807, 2.05) is 0 Å². The van der Waals surface area contributed by atoms with Crippen LogP contribution in [0.5, 0.6) is 0 Å². The molecule has 0 aromatic heterocycles. The molecule has 0 radical (unpaired) electrons. The van der Waals surface area contributed by atoms with E-state index in [9.17, 15) is 0 Å². The summed E-state index contributed by atoms with van der Waals surface area (Å²) in [6.45, 7) is 7.18. The van der Waals surface area contributed by atoms with Crippen molar-refractivity contribution in [2.45, 2.75) is 27.2 Å². The molecule has 0 aromatic carbocycles. The maximum atomic E-state index is 4.34. The molecule has 0 saturated carbocycles. The van der Waals surface area contributed by atoms with Gasteiger partial charge in [0.15, 0.2) is 0 Å². The molecule has 64 valence electrons. The van der Waals surface area contributed by atoms with Gasteiger partial charge in [0, 0.05) is 0 Å². The van der Waals surface area contributed by atoms with Gasteiger partial charge < -0.3 is 0 Å². The molecule has 0 saturated heterocycles. The van der Waals surface area contributed by atoms with E-state index in [0.717, 1.165) is 18.7 Å². The third-order valence-electron chi connectivity index (χ3n) is 1.17. The third kappa shape index (κ3) is 7.66. The molecule has 11 heavy (non-hydrogen) atoms. The lowest BCUT2D eigenvalue weighted by Crippen LogP contribution is -1.85. The van der Waals surface area contributed by atoms with Crippen molar-refractivity contribution in [2.24, 2.45) is 4.99 Å². The van der Waals surface area contributed by atoms with Crippen LogP contribution in [0.2, 0.25) is 0 Å². The summed E-state index contributed by atoms with van der Waals surface area (Å²) in [7, 11) is 0. The first-order chi connectivity index (χ1) is 5.31. The Morgan fingerprint density at radius 1 is 1.36 bits per heavy atom. The number of allylic oxidation sites excluding steroid dienone is 1. The highest BCUT2D eigenvalue weighted by atomic mass is 32.2. The smallest absolute Gasteiger partial charge is 0.0648 e. The van der Waals surface area contributed by atoms with Gasteiger partial charge in [-0.05, 0) is 19.1 Å². The van der Waals surface area contributed by atoms with Crippen LogP contribution < -0.4 is 0 Å². The van der Waals surface area contributed by atoms with Crippen molar-refractivity contribution >= 4 is 16.8 Å². The Bertz CT molecular complexity index is 138. The Balaban J connectivity index is 3.47. The second-order valence-corrected chi connectivity index (χ2v) is 3.63. The SMILES string of the molecule is CC/C=C\C/N=C(/C)SCC. The van der Waals surface area contributed by atoms with Crippen LogP contribution in [0.3, 0.4) is 0 Å². The summed E-state index contributed by atoms with van der Waals surface area (Å²) in [6, 6.07) is 0. The van der Waals surface area contributed by atoms with E-state index in [-0.39, 0.29) is 0 Å². The van der Waals surface area contributed by atoms with E-state index >= 15 is 0 Å². The van der Waals surface area contributed by atoms with Crippen LogP contribution in [-0.4, -0.2) is 17.3 Å². The van der Waals surface area contributed by atoms with Gasteiger partial charge >= 0.3 is 0 Å². The largest absolute Gasteiger partial charge is 0.279 e. The molecule has 0 spiro atoms. The average Bonchev–Trinajstić information content (AvgIpc) is 1.99. The number of rotatable bonds is 4. The number of nitrogens with zero attached hydrogens (tertiary/aromatic N) is 1. The first-order valence-corrected chi connectivity index (χ1v) is 5.08. The van der Waals surface area contributed by atoms with Crippen molar-refractivity contribution in [2.75, 3.05) is 12.3 Å². The molecule has 0 aliphatic carbocycles. The standard InChI is InChI=1S/C9H17NS/c1-4-6-7-8-10-9(3)11-5-2/h6-7H,4-5,8H2,1-3H3/b7-6-,10-9-. The fraction of sp³-hybridized carbons (Fsp3) is 0.667. The highest BCUT2D eigenvalue weighted by Gasteiger charge is 1.85. The summed E-state index contributed by atoms with van der Waals surface area (Å²) < 4.78 is 0. The molecule has 0 N–H and O–H groups in total. The van der Waals surface area contributed by atoms with Crippen LogP contribution in [0.4, 0.5) is 0 Å². The minimum absolute atomic E-state index is 0.840. The van der Waals surface area contributed by atoms with Crippen molar-refractivity contribution < 1.29 is 0 Å². The van der Waals surface area contributed by atoms with Crippen molar-refractivity contribution in [3.05, 3.63) is 12.2 Å². The molecule has 1 nitrogen and oxygen atoms in total. The monoisotopic (exact) mass is 171 g/mol. The van der Waals surface area contributed by atoms with E-state index in [1.165, 1.54) is 5.04 Å². The van der Waals surface area contributed by atoms with Crippen LogP contribution >= 0.6 is 11.8 Å². The zero-order chi connectivity index (χ0) is 8.53. The number of aliphatic imine (C=N–C) groups is 1. The van der Waals surface area contributed by atoms with Crippen LogP contribution in [0.15, 0.2) is 17.1 Å². The predicted octanol–water partition coefficient (Wildman–Crippen LogP) is 3.12.